The number of hydrogen-bond donors (Lipinski definition) is 0. The lowest BCUT2D eigenvalue weighted by atomic mass is 10.1. The molecule has 0 N–H and O–H groups in total. The highest BCUT2D eigenvalue weighted by molar-refractivity contribution is 4.99. The van der Waals surface area contributed by atoms with Crippen molar-refractivity contribution in [1.82, 2.24) is 19.4 Å². The Morgan fingerprint density at radius 1 is 1.33 bits per heavy atom. The molecule has 1 aromatic heterocycles. The summed E-state index contributed by atoms with van der Waals surface area (Å²) in [7, 11) is 2.24. The minimum Gasteiger partial charge on any atom is -0.331 e. The Bertz CT molecular complexity index is 424. The molecule has 1 unspecified atom stereocenters. The molecule has 21 heavy (non-hydrogen) atoms. The van der Waals surface area contributed by atoms with Crippen molar-refractivity contribution in [1.29, 1.82) is 0 Å². The van der Waals surface area contributed by atoms with Crippen molar-refractivity contribution >= 4 is 0 Å². The zero-order chi connectivity index (χ0) is 15.4. The van der Waals surface area contributed by atoms with E-state index >= 15 is 0 Å². The Kier molecular flexibility index (Phi) is 5.82. The van der Waals surface area contributed by atoms with Crippen LogP contribution in [-0.2, 0) is 6.54 Å². The first-order chi connectivity index (χ1) is 9.95. The molecule has 2 heterocycles. The number of likely N-dealkylation sites (tertiary alicyclic amines) is 1. The molecule has 120 valence electrons. The van der Waals surface area contributed by atoms with Gasteiger partial charge in [0.15, 0.2) is 0 Å². The van der Waals surface area contributed by atoms with Crippen LogP contribution >= 0.6 is 0 Å². The zero-order valence-corrected chi connectivity index (χ0v) is 14.4. The predicted molar refractivity (Wildman–Crippen MR) is 88.3 cm³/mol. The van der Waals surface area contributed by atoms with Crippen LogP contribution in [-0.4, -0.2) is 52.6 Å². The fourth-order valence-corrected chi connectivity index (χ4v) is 3.45. The first-order valence-electron chi connectivity index (χ1n) is 8.37. The van der Waals surface area contributed by atoms with Crippen molar-refractivity contribution in [2.45, 2.75) is 46.7 Å². The van der Waals surface area contributed by atoms with Gasteiger partial charge in [0, 0.05) is 38.4 Å². The second kappa shape index (κ2) is 7.41. The molecule has 0 radical (unpaired) electrons. The van der Waals surface area contributed by atoms with Crippen LogP contribution < -0.4 is 0 Å². The third-order valence-electron chi connectivity index (χ3n) is 4.30. The van der Waals surface area contributed by atoms with Crippen LogP contribution in [0.3, 0.4) is 0 Å². The van der Waals surface area contributed by atoms with Crippen molar-refractivity contribution in [3.05, 3.63) is 18.2 Å². The highest BCUT2D eigenvalue weighted by Crippen LogP contribution is 2.19. The van der Waals surface area contributed by atoms with Gasteiger partial charge < -0.3 is 14.4 Å². The van der Waals surface area contributed by atoms with Crippen LogP contribution in [0.25, 0.3) is 0 Å². The quantitative estimate of drug-likeness (QED) is 0.772. The molecule has 4 nitrogen and oxygen atoms in total. The van der Waals surface area contributed by atoms with Crippen molar-refractivity contribution < 1.29 is 0 Å². The summed E-state index contributed by atoms with van der Waals surface area (Å²) in [5.74, 6) is 1.60. The van der Waals surface area contributed by atoms with E-state index in [0.29, 0.717) is 6.04 Å². The number of aromatic nitrogens is 2. The van der Waals surface area contributed by atoms with Crippen LogP contribution in [0.15, 0.2) is 12.5 Å². The summed E-state index contributed by atoms with van der Waals surface area (Å²) in [4.78, 5) is 9.39. The van der Waals surface area contributed by atoms with Crippen LogP contribution in [0.1, 0.15) is 45.9 Å². The number of rotatable bonds is 7. The van der Waals surface area contributed by atoms with Crippen LogP contribution in [0.5, 0.6) is 0 Å². The highest BCUT2D eigenvalue weighted by Gasteiger charge is 2.24. The van der Waals surface area contributed by atoms with Gasteiger partial charge in [-0.3, -0.25) is 0 Å². The molecule has 1 atom stereocenters. The van der Waals surface area contributed by atoms with Crippen molar-refractivity contribution in [3.8, 4) is 0 Å². The Hall–Kier alpha value is -0.870. The standard InChI is InChI=1S/C17H32N4/c1-14(2)9-20-7-6-16(11-20)10-19(5)12-17-8-18-13-21(17)15(3)4/h8,13-16H,6-7,9-12H2,1-5H3. The van der Waals surface area contributed by atoms with E-state index in [2.05, 4.69) is 54.1 Å². The third kappa shape index (κ3) is 4.82. The molecule has 0 amide bonds. The Labute approximate surface area is 130 Å². The molecule has 4 heteroatoms. The fraction of sp³-hybridized carbons (Fsp3) is 0.824. The normalized spacial score (nSPS) is 20.3. The maximum absolute atomic E-state index is 4.30. The van der Waals surface area contributed by atoms with Gasteiger partial charge in [0.1, 0.15) is 0 Å². The number of nitrogens with zero attached hydrogens (tertiary/aromatic N) is 4. The van der Waals surface area contributed by atoms with Gasteiger partial charge in [-0.1, -0.05) is 13.8 Å². The molecule has 1 aliphatic heterocycles. The van der Waals surface area contributed by atoms with Crippen LogP contribution in [0.4, 0.5) is 0 Å². The summed E-state index contributed by atoms with van der Waals surface area (Å²) in [6.45, 7) is 15.0. The SMILES string of the molecule is CC(C)CN1CCC(CN(C)Cc2cncn2C(C)C)C1. The monoisotopic (exact) mass is 292 g/mol. The Morgan fingerprint density at radius 2 is 2.10 bits per heavy atom. The summed E-state index contributed by atoms with van der Waals surface area (Å²) >= 11 is 0. The minimum atomic E-state index is 0.490. The summed E-state index contributed by atoms with van der Waals surface area (Å²) in [6, 6.07) is 0.490. The average molecular weight is 292 g/mol. The lowest BCUT2D eigenvalue weighted by Gasteiger charge is -2.23. The molecule has 0 aromatic carbocycles. The molecular formula is C17H32N4. The summed E-state index contributed by atoms with van der Waals surface area (Å²) in [5, 5.41) is 0. The molecule has 0 saturated carbocycles. The van der Waals surface area contributed by atoms with Gasteiger partial charge in [0.05, 0.1) is 12.0 Å². The second-order valence-corrected chi connectivity index (χ2v) is 7.39. The van der Waals surface area contributed by atoms with E-state index in [0.717, 1.165) is 18.4 Å². The molecule has 1 aliphatic rings. The zero-order valence-electron chi connectivity index (χ0n) is 14.4. The molecule has 0 aliphatic carbocycles. The van der Waals surface area contributed by atoms with E-state index in [1.54, 1.807) is 0 Å². The second-order valence-electron chi connectivity index (χ2n) is 7.39. The summed E-state index contributed by atoms with van der Waals surface area (Å²) in [5.41, 5.74) is 1.32. The largest absolute Gasteiger partial charge is 0.331 e. The molecule has 0 spiro atoms. The van der Waals surface area contributed by atoms with E-state index < -0.39 is 0 Å². The predicted octanol–water partition coefficient (Wildman–Crippen LogP) is 2.87. The van der Waals surface area contributed by atoms with Crippen molar-refractivity contribution in [2.75, 3.05) is 33.2 Å². The van der Waals surface area contributed by atoms with Gasteiger partial charge in [0.25, 0.3) is 0 Å². The molecule has 1 aromatic rings. The average Bonchev–Trinajstić information content (AvgIpc) is 2.98. The van der Waals surface area contributed by atoms with Gasteiger partial charge in [-0.2, -0.15) is 0 Å². The Morgan fingerprint density at radius 3 is 2.76 bits per heavy atom. The molecule has 2 rings (SSSR count). The van der Waals surface area contributed by atoms with Gasteiger partial charge in [-0.25, -0.2) is 4.98 Å². The van der Waals surface area contributed by atoms with Crippen LogP contribution in [0.2, 0.25) is 0 Å². The van der Waals surface area contributed by atoms with Crippen molar-refractivity contribution in [3.63, 3.8) is 0 Å². The van der Waals surface area contributed by atoms with Crippen LogP contribution in [0, 0.1) is 11.8 Å². The molecule has 1 fully saturated rings. The molecular weight excluding hydrogens is 260 g/mol. The third-order valence-corrected chi connectivity index (χ3v) is 4.30. The van der Waals surface area contributed by atoms with Crippen molar-refractivity contribution in [2.24, 2.45) is 11.8 Å². The van der Waals surface area contributed by atoms with Gasteiger partial charge in [0.2, 0.25) is 0 Å². The molecule has 0 bridgehead atoms. The lowest BCUT2D eigenvalue weighted by Crippen LogP contribution is -2.30. The smallest absolute Gasteiger partial charge is 0.0951 e. The molecule has 1 saturated heterocycles. The minimum absolute atomic E-state index is 0.490. The van der Waals surface area contributed by atoms with E-state index in [4.69, 9.17) is 0 Å². The van der Waals surface area contributed by atoms with Gasteiger partial charge in [-0.05, 0) is 45.7 Å². The van der Waals surface area contributed by atoms with Gasteiger partial charge in [-0.15, -0.1) is 0 Å². The number of hydrogen-bond acceptors (Lipinski definition) is 3. The lowest BCUT2D eigenvalue weighted by molar-refractivity contribution is 0.243. The van der Waals surface area contributed by atoms with E-state index in [-0.39, 0.29) is 0 Å². The maximum atomic E-state index is 4.30. The fourth-order valence-electron chi connectivity index (χ4n) is 3.45. The summed E-state index contributed by atoms with van der Waals surface area (Å²) < 4.78 is 2.27. The number of imidazole rings is 1. The highest BCUT2D eigenvalue weighted by atomic mass is 15.2. The Balaban J connectivity index is 1.80. The van der Waals surface area contributed by atoms with Gasteiger partial charge >= 0.3 is 0 Å². The maximum Gasteiger partial charge on any atom is 0.0951 e. The summed E-state index contributed by atoms with van der Waals surface area (Å²) in [6.07, 6.45) is 5.31. The first-order valence-corrected chi connectivity index (χ1v) is 8.37. The topological polar surface area (TPSA) is 24.3 Å². The van der Waals surface area contributed by atoms with E-state index in [9.17, 15) is 0 Å². The van der Waals surface area contributed by atoms with E-state index in [1.807, 2.05) is 12.5 Å². The van der Waals surface area contributed by atoms with E-state index in [1.165, 1.54) is 38.3 Å². The first kappa shape index (κ1) is 16.5.